The lowest BCUT2D eigenvalue weighted by atomic mass is 10.1. The summed E-state index contributed by atoms with van der Waals surface area (Å²) >= 11 is 4.88. The zero-order chi connectivity index (χ0) is 15.0. The van der Waals surface area contributed by atoms with Gasteiger partial charge < -0.3 is 10.2 Å². The molecule has 1 aromatic heterocycles. The minimum atomic E-state index is -0.531. The Labute approximate surface area is 124 Å². The van der Waals surface area contributed by atoms with Gasteiger partial charge in [-0.15, -0.1) is 0 Å². The third-order valence-corrected chi connectivity index (χ3v) is 3.47. The summed E-state index contributed by atoms with van der Waals surface area (Å²) in [6.07, 6.45) is 0. The number of rotatable bonds is 3. The highest BCUT2D eigenvalue weighted by atomic mass is 32.1. The highest BCUT2D eigenvalue weighted by molar-refractivity contribution is 7.80. The summed E-state index contributed by atoms with van der Waals surface area (Å²) < 4.78 is 20.4. The van der Waals surface area contributed by atoms with Crippen molar-refractivity contribution in [3.8, 4) is 0 Å². The molecular formula is C15H11FN2O2S. The van der Waals surface area contributed by atoms with Crippen LogP contribution in [0.15, 0.2) is 51.7 Å². The standard InChI is InChI=1S/C15H11FN2O2S/c16-11-6-5-9(14(17)21)7-10(11)8-18-12-3-1-2-4-13(12)20-15(18)19/h1-7H,8H2,(H2,17,21). The molecule has 0 saturated heterocycles. The van der Waals surface area contributed by atoms with Gasteiger partial charge in [0.2, 0.25) is 0 Å². The number of para-hydroxylation sites is 2. The number of hydrogen-bond donors (Lipinski definition) is 1. The second-order valence-electron chi connectivity index (χ2n) is 4.59. The van der Waals surface area contributed by atoms with Gasteiger partial charge in [0.05, 0.1) is 12.1 Å². The van der Waals surface area contributed by atoms with Crippen LogP contribution in [0.1, 0.15) is 11.1 Å². The predicted octanol–water partition coefficient (Wildman–Crippen LogP) is 2.42. The zero-order valence-electron chi connectivity index (χ0n) is 10.9. The molecule has 0 bridgehead atoms. The molecule has 0 aliphatic carbocycles. The fourth-order valence-electron chi connectivity index (χ4n) is 2.18. The van der Waals surface area contributed by atoms with Crippen LogP contribution in [-0.2, 0) is 6.54 Å². The van der Waals surface area contributed by atoms with E-state index >= 15 is 0 Å². The van der Waals surface area contributed by atoms with Crippen molar-refractivity contribution in [3.63, 3.8) is 0 Å². The van der Waals surface area contributed by atoms with E-state index in [9.17, 15) is 9.18 Å². The van der Waals surface area contributed by atoms with Crippen LogP contribution in [0.5, 0.6) is 0 Å². The third-order valence-electron chi connectivity index (χ3n) is 3.23. The Morgan fingerprint density at radius 3 is 2.81 bits per heavy atom. The summed E-state index contributed by atoms with van der Waals surface area (Å²) in [4.78, 5) is 12.1. The van der Waals surface area contributed by atoms with Crippen molar-refractivity contribution < 1.29 is 8.81 Å². The van der Waals surface area contributed by atoms with Gasteiger partial charge in [0.1, 0.15) is 10.8 Å². The highest BCUT2D eigenvalue weighted by Gasteiger charge is 2.12. The Balaban J connectivity index is 2.10. The summed E-state index contributed by atoms with van der Waals surface area (Å²) in [6.45, 7) is 0.0537. The minimum Gasteiger partial charge on any atom is -0.408 e. The van der Waals surface area contributed by atoms with Gasteiger partial charge in [0.15, 0.2) is 5.58 Å². The molecule has 3 rings (SSSR count). The second-order valence-corrected chi connectivity index (χ2v) is 5.03. The second kappa shape index (κ2) is 5.14. The van der Waals surface area contributed by atoms with Crippen LogP contribution in [0.3, 0.4) is 0 Å². The lowest BCUT2D eigenvalue weighted by Gasteiger charge is -2.06. The van der Waals surface area contributed by atoms with E-state index in [1.807, 2.05) is 0 Å². The van der Waals surface area contributed by atoms with E-state index in [1.54, 1.807) is 30.3 Å². The fraction of sp³-hybridized carbons (Fsp3) is 0.0667. The molecule has 0 aliphatic heterocycles. The van der Waals surface area contributed by atoms with E-state index in [2.05, 4.69) is 0 Å². The molecule has 0 amide bonds. The van der Waals surface area contributed by atoms with Crippen LogP contribution in [0.4, 0.5) is 4.39 Å². The van der Waals surface area contributed by atoms with Crippen molar-refractivity contribution in [1.82, 2.24) is 4.57 Å². The maximum absolute atomic E-state index is 13.9. The molecule has 4 nitrogen and oxygen atoms in total. The molecule has 2 N–H and O–H groups in total. The number of nitrogens with two attached hydrogens (primary N) is 1. The first-order valence-corrected chi connectivity index (χ1v) is 6.63. The van der Waals surface area contributed by atoms with Gasteiger partial charge in [-0.1, -0.05) is 24.4 Å². The van der Waals surface area contributed by atoms with E-state index in [-0.39, 0.29) is 11.5 Å². The van der Waals surface area contributed by atoms with Gasteiger partial charge in [0, 0.05) is 11.1 Å². The zero-order valence-corrected chi connectivity index (χ0v) is 11.7. The summed E-state index contributed by atoms with van der Waals surface area (Å²) in [7, 11) is 0. The van der Waals surface area contributed by atoms with Crippen LogP contribution >= 0.6 is 12.2 Å². The lowest BCUT2D eigenvalue weighted by Crippen LogP contribution is -2.17. The number of halogens is 1. The van der Waals surface area contributed by atoms with E-state index < -0.39 is 11.6 Å². The summed E-state index contributed by atoms with van der Waals surface area (Å²) in [6, 6.07) is 11.3. The van der Waals surface area contributed by atoms with E-state index in [0.717, 1.165) is 0 Å². The number of benzene rings is 2. The van der Waals surface area contributed by atoms with Gasteiger partial charge in [-0.2, -0.15) is 0 Å². The Bertz CT molecular complexity index is 898. The number of thiocarbonyl (C=S) groups is 1. The summed E-state index contributed by atoms with van der Waals surface area (Å²) in [5, 5.41) is 0. The van der Waals surface area contributed by atoms with E-state index in [4.69, 9.17) is 22.4 Å². The summed E-state index contributed by atoms with van der Waals surface area (Å²) in [5.41, 5.74) is 7.51. The smallest absolute Gasteiger partial charge is 0.408 e. The fourth-order valence-corrected chi connectivity index (χ4v) is 2.31. The number of oxazole rings is 1. The number of nitrogens with zero attached hydrogens (tertiary/aromatic N) is 1. The molecule has 106 valence electrons. The number of hydrogen-bond acceptors (Lipinski definition) is 3. The Morgan fingerprint density at radius 1 is 1.29 bits per heavy atom. The molecule has 0 aliphatic rings. The summed E-state index contributed by atoms with van der Waals surface area (Å²) in [5.74, 6) is -0.955. The van der Waals surface area contributed by atoms with Gasteiger partial charge in [-0.05, 0) is 30.3 Å². The van der Waals surface area contributed by atoms with E-state index in [1.165, 1.54) is 16.7 Å². The van der Waals surface area contributed by atoms with Crippen molar-refractivity contribution in [1.29, 1.82) is 0 Å². The molecule has 0 unspecified atom stereocenters. The molecule has 0 fully saturated rings. The maximum atomic E-state index is 13.9. The van der Waals surface area contributed by atoms with Gasteiger partial charge >= 0.3 is 5.76 Å². The van der Waals surface area contributed by atoms with Crippen LogP contribution in [-0.4, -0.2) is 9.56 Å². The maximum Gasteiger partial charge on any atom is 0.420 e. The first kappa shape index (κ1) is 13.5. The SMILES string of the molecule is NC(=S)c1ccc(F)c(Cn2c(=O)oc3ccccc32)c1. The van der Waals surface area contributed by atoms with Gasteiger partial charge in [-0.25, -0.2) is 9.18 Å². The van der Waals surface area contributed by atoms with Gasteiger partial charge in [0.25, 0.3) is 0 Å². The molecule has 0 saturated carbocycles. The van der Waals surface area contributed by atoms with Crippen LogP contribution in [0.2, 0.25) is 0 Å². The number of aromatic nitrogens is 1. The first-order valence-electron chi connectivity index (χ1n) is 6.23. The largest absolute Gasteiger partial charge is 0.420 e. The molecule has 1 heterocycles. The monoisotopic (exact) mass is 302 g/mol. The van der Waals surface area contributed by atoms with Crippen LogP contribution in [0, 0.1) is 5.82 Å². The molecule has 0 atom stereocenters. The average molecular weight is 302 g/mol. The minimum absolute atomic E-state index is 0.0537. The van der Waals surface area contributed by atoms with Crippen molar-refractivity contribution in [2.45, 2.75) is 6.54 Å². The number of fused-ring (bicyclic) bond motifs is 1. The van der Waals surface area contributed by atoms with Crippen molar-refractivity contribution in [2.24, 2.45) is 5.73 Å². The molecule has 0 spiro atoms. The normalized spacial score (nSPS) is 10.9. The lowest BCUT2D eigenvalue weighted by molar-refractivity contribution is 0.512. The van der Waals surface area contributed by atoms with Crippen molar-refractivity contribution in [2.75, 3.05) is 0 Å². The van der Waals surface area contributed by atoms with Crippen LogP contribution < -0.4 is 11.5 Å². The highest BCUT2D eigenvalue weighted by Crippen LogP contribution is 2.16. The average Bonchev–Trinajstić information content (AvgIpc) is 2.77. The quantitative estimate of drug-likeness (QED) is 0.755. The van der Waals surface area contributed by atoms with Crippen molar-refractivity contribution in [3.05, 3.63) is 70.0 Å². The molecular weight excluding hydrogens is 291 g/mol. The molecule has 21 heavy (non-hydrogen) atoms. The first-order chi connectivity index (χ1) is 10.1. The Morgan fingerprint density at radius 2 is 2.05 bits per heavy atom. The Hall–Kier alpha value is -2.47. The molecule has 2 aromatic carbocycles. The molecule has 0 radical (unpaired) electrons. The molecule has 6 heteroatoms. The van der Waals surface area contributed by atoms with Gasteiger partial charge in [-0.3, -0.25) is 4.57 Å². The van der Waals surface area contributed by atoms with E-state index in [0.29, 0.717) is 22.2 Å². The Kier molecular flexibility index (Phi) is 3.31. The predicted molar refractivity (Wildman–Crippen MR) is 81.9 cm³/mol. The third kappa shape index (κ3) is 2.45. The topological polar surface area (TPSA) is 61.2 Å². The molecule has 3 aromatic rings. The van der Waals surface area contributed by atoms with Crippen molar-refractivity contribution >= 4 is 28.3 Å². The van der Waals surface area contributed by atoms with Crippen LogP contribution in [0.25, 0.3) is 11.1 Å².